The predicted octanol–water partition coefficient (Wildman–Crippen LogP) is 3.98. The fourth-order valence-corrected chi connectivity index (χ4v) is 4.29. The number of esters is 1. The molecule has 0 aliphatic heterocycles. The van der Waals surface area contributed by atoms with Crippen LogP contribution in [0.2, 0.25) is 0 Å². The van der Waals surface area contributed by atoms with Crippen molar-refractivity contribution in [1.29, 1.82) is 0 Å². The zero-order valence-electron chi connectivity index (χ0n) is 16.9. The van der Waals surface area contributed by atoms with Gasteiger partial charge in [-0.05, 0) is 55.7 Å². The zero-order valence-corrected chi connectivity index (χ0v) is 17.8. The number of aryl methyl sites for hydroxylation is 1. The van der Waals surface area contributed by atoms with Gasteiger partial charge in [0.2, 0.25) is 10.0 Å². The minimum Gasteiger partial charge on any atom is -0.457 e. The molecular weight excluding hydrogens is 416 g/mol. The molecule has 4 rings (SSSR count). The van der Waals surface area contributed by atoms with E-state index in [-0.39, 0.29) is 23.1 Å². The van der Waals surface area contributed by atoms with Crippen molar-refractivity contribution >= 4 is 16.0 Å². The number of hydrogen-bond acceptors (Lipinski definition) is 6. The van der Waals surface area contributed by atoms with Crippen LogP contribution in [-0.2, 0) is 21.4 Å². The Kier molecular flexibility index (Phi) is 6.01. The van der Waals surface area contributed by atoms with Crippen LogP contribution >= 0.6 is 0 Å². The summed E-state index contributed by atoms with van der Waals surface area (Å²) in [5.74, 6) is 0.514. The maximum absolute atomic E-state index is 12.7. The number of nitrogens with one attached hydrogen (secondary N) is 1. The summed E-state index contributed by atoms with van der Waals surface area (Å²) in [6.07, 6.45) is 4.91. The number of para-hydroxylation sites is 1. The second-order valence-electron chi connectivity index (χ2n) is 7.35. The Labute approximate surface area is 181 Å². The van der Waals surface area contributed by atoms with E-state index in [1.165, 1.54) is 12.1 Å². The molecule has 1 aromatic heterocycles. The van der Waals surface area contributed by atoms with Gasteiger partial charge in [-0.15, -0.1) is 0 Å². The van der Waals surface area contributed by atoms with Crippen LogP contribution < -0.4 is 9.46 Å². The van der Waals surface area contributed by atoms with Crippen molar-refractivity contribution in [3.8, 4) is 11.5 Å². The third-order valence-corrected chi connectivity index (χ3v) is 6.35. The van der Waals surface area contributed by atoms with E-state index in [0.717, 1.165) is 12.8 Å². The van der Waals surface area contributed by atoms with Crippen LogP contribution in [-0.4, -0.2) is 25.4 Å². The molecule has 7 nitrogen and oxygen atoms in total. The number of sulfonamides is 1. The van der Waals surface area contributed by atoms with E-state index in [1.54, 1.807) is 49.6 Å². The quantitative estimate of drug-likeness (QED) is 0.535. The van der Waals surface area contributed by atoms with Gasteiger partial charge in [0.05, 0.1) is 16.7 Å². The van der Waals surface area contributed by atoms with E-state index in [1.807, 2.05) is 12.1 Å². The Balaban J connectivity index is 1.49. The molecule has 1 aliphatic rings. The zero-order chi connectivity index (χ0) is 21.8. The number of rotatable bonds is 8. The molecule has 0 amide bonds. The average Bonchev–Trinajstić information content (AvgIpc) is 3.57. The molecule has 0 atom stereocenters. The van der Waals surface area contributed by atoms with Crippen LogP contribution in [0.15, 0.2) is 71.9 Å². The topological polar surface area (TPSA) is 94.6 Å². The van der Waals surface area contributed by atoms with Gasteiger partial charge in [0.25, 0.3) is 0 Å². The van der Waals surface area contributed by atoms with Crippen molar-refractivity contribution in [2.75, 3.05) is 0 Å². The molecule has 0 bridgehead atoms. The SMILES string of the molecule is Cc1ccc(S(=O)(=O)NC2CC2)cc1C(=O)OCc1ccccc1Oc1cccnc1. The van der Waals surface area contributed by atoms with Crippen LogP contribution in [0.1, 0.15) is 34.3 Å². The van der Waals surface area contributed by atoms with E-state index >= 15 is 0 Å². The molecule has 8 heteroatoms. The molecule has 1 aliphatic carbocycles. The molecule has 160 valence electrons. The lowest BCUT2D eigenvalue weighted by Gasteiger charge is -2.13. The summed E-state index contributed by atoms with van der Waals surface area (Å²) in [6.45, 7) is 1.72. The number of carbonyl (C=O) groups excluding carboxylic acids is 1. The maximum atomic E-state index is 12.7. The molecule has 0 spiro atoms. The number of hydrogen-bond donors (Lipinski definition) is 1. The molecule has 2 aromatic carbocycles. The van der Waals surface area contributed by atoms with Crippen LogP contribution in [0.5, 0.6) is 11.5 Å². The summed E-state index contributed by atoms with van der Waals surface area (Å²) in [5.41, 5.74) is 1.52. The molecule has 1 heterocycles. The van der Waals surface area contributed by atoms with Crippen molar-refractivity contribution in [3.63, 3.8) is 0 Å². The lowest BCUT2D eigenvalue weighted by Crippen LogP contribution is -2.26. The highest BCUT2D eigenvalue weighted by atomic mass is 32.2. The normalized spacial score (nSPS) is 13.6. The molecule has 0 radical (unpaired) electrons. The fourth-order valence-electron chi connectivity index (χ4n) is 2.95. The molecule has 3 aromatic rings. The van der Waals surface area contributed by atoms with Gasteiger partial charge in [-0.25, -0.2) is 17.9 Å². The van der Waals surface area contributed by atoms with Gasteiger partial charge in [0.1, 0.15) is 18.1 Å². The summed E-state index contributed by atoms with van der Waals surface area (Å²) in [4.78, 5) is 16.8. The van der Waals surface area contributed by atoms with Crippen molar-refractivity contribution in [1.82, 2.24) is 9.71 Å². The van der Waals surface area contributed by atoms with E-state index in [9.17, 15) is 13.2 Å². The van der Waals surface area contributed by atoms with Crippen molar-refractivity contribution in [3.05, 3.63) is 83.7 Å². The number of aromatic nitrogens is 1. The second-order valence-corrected chi connectivity index (χ2v) is 9.06. The molecule has 1 saturated carbocycles. The van der Waals surface area contributed by atoms with Gasteiger partial charge in [0, 0.05) is 17.8 Å². The largest absolute Gasteiger partial charge is 0.457 e. The Bertz CT molecular complexity index is 1190. The molecule has 31 heavy (non-hydrogen) atoms. The van der Waals surface area contributed by atoms with E-state index in [0.29, 0.717) is 22.6 Å². The van der Waals surface area contributed by atoms with Crippen LogP contribution in [0, 0.1) is 6.92 Å². The monoisotopic (exact) mass is 438 g/mol. The van der Waals surface area contributed by atoms with Crippen LogP contribution in [0.4, 0.5) is 0 Å². The first-order valence-electron chi connectivity index (χ1n) is 9.88. The first-order valence-corrected chi connectivity index (χ1v) is 11.4. The first kappa shape index (κ1) is 21.0. The summed E-state index contributed by atoms with van der Waals surface area (Å²) < 4.78 is 38.9. The van der Waals surface area contributed by atoms with Gasteiger partial charge in [-0.3, -0.25) is 4.98 Å². The Morgan fingerprint density at radius 3 is 2.68 bits per heavy atom. The minimum absolute atomic E-state index is 0.0157. The third kappa shape index (κ3) is 5.28. The van der Waals surface area contributed by atoms with Crippen LogP contribution in [0.3, 0.4) is 0 Å². The number of ether oxygens (including phenoxy) is 2. The summed E-state index contributed by atoms with van der Waals surface area (Å²) >= 11 is 0. The summed E-state index contributed by atoms with van der Waals surface area (Å²) in [7, 11) is -3.66. The standard InChI is InChI=1S/C23H22N2O5S/c1-16-8-11-20(31(27,28)25-18-9-10-18)13-21(16)23(26)29-15-17-5-2-3-7-22(17)30-19-6-4-12-24-14-19/h2-8,11-14,18,25H,9-10,15H2,1H3. The molecule has 1 N–H and O–H groups in total. The Morgan fingerprint density at radius 1 is 1.13 bits per heavy atom. The van der Waals surface area contributed by atoms with E-state index < -0.39 is 16.0 Å². The smallest absolute Gasteiger partial charge is 0.338 e. The fraction of sp³-hybridized carbons (Fsp3) is 0.217. The predicted molar refractivity (Wildman–Crippen MR) is 114 cm³/mol. The summed E-state index contributed by atoms with van der Waals surface area (Å²) in [6, 6.07) is 15.2. The van der Waals surface area contributed by atoms with E-state index in [4.69, 9.17) is 9.47 Å². The highest BCUT2D eigenvalue weighted by Crippen LogP contribution is 2.26. The molecule has 0 saturated heterocycles. The van der Waals surface area contributed by atoms with Crippen molar-refractivity contribution < 1.29 is 22.7 Å². The van der Waals surface area contributed by atoms with E-state index in [2.05, 4.69) is 9.71 Å². The van der Waals surface area contributed by atoms with Crippen LogP contribution in [0.25, 0.3) is 0 Å². The minimum atomic E-state index is -3.66. The third-order valence-electron chi connectivity index (χ3n) is 4.83. The van der Waals surface area contributed by atoms with Crippen molar-refractivity contribution in [2.45, 2.75) is 37.3 Å². The van der Waals surface area contributed by atoms with Gasteiger partial charge < -0.3 is 9.47 Å². The summed E-state index contributed by atoms with van der Waals surface area (Å²) in [5, 5.41) is 0. The maximum Gasteiger partial charge on any atom is 0.338 e. The number of nitrogens with zero attached hydrogens (tertiary/aromatic N) is 1. The number of pyridine rings is 1. The van der Waals surface area contributed by atoms with Gasteiger partial charge in [0.15, 0.2) is 0 Å². The van der Waals surface area contributed by atoms with Gasteiger partial charge >= 0.3 is 5.97 Å². The van der Waals surface area contributed by atoms with Crippen molar-refractivity contribution in [2.24, 2.45) is 0 Å². The molecule has 0 unspecified atom stereocenters. The highest BCUT2D eigenvalue weighted by Gasteiger charge is 2.28. The van der Waals surface area contributed by atoms with Gasteiger partial charge in [-0.1, -0.05) is 24.3 Å². The second kappa shape index (κ2) is 8.87. The number of benzene rings is 2. The highest BCUT2D eigenvalue weighted by molar-refractivity contribution is 7.89. The van der Waals surface area contributed by atoms with Gasteiger partial charge in [-0.2, -0.15) is 0 Å². The molecule has 1 fully saturated rings. The molecular formula is C23H22N2O5S. The lowest BCUT2D eigenvalue weighted by molar-refractivity contribution is 0.0469. The number of carbonyl (C=O) groups is 1. The lowest BCUT2D eigenvalue weighted by atomic mass is 10.1. The average molecular weight is 439 g/mol. The Hall–Kier alpha value is -3.23. The first-order chi connectivity index (χ1) is 14.9. The Morgan fingerprint density at radius 2 is 1.94 bits per heavy atom.